The molecule has 0 saturated carbocycles. The molecule has 1 aliphatic rings. The molecule has 0 N–H and O–H groups in total. The number of anilines is 1. The molecule has 0 atom stereocenters. The Morgan fingerprint density at radius 1 is 0.500 bits per heavy atom. The summed E-state index contributed by atoms with van der Waals surface area (Å²) in [6.07, 6.45) is 0. The van der Waals surface area contributed by atoms with Crippen LogP contribution < -0.4 is 4.90 Å². The Labute approximate surface area is 253 Å². The minimum absolute atomic E-state index is 0.345. The van der Waals surface area contributed by atoms with Gasteiger partial charge in [-0.05, 0) is 47.0 Å². The Hall–Kier alpha value is -6.25. The molecule has 0 saturated heterocycles. The van der Waals surface area contributed by atoms with Crippen molar-refractivity contribution in [1.82, 2.24) is 4.57 Å². The molecule has 0 bridgehead atoms. The minimum atomic E-state index is -0.357. The standard InChI is InChI=1S/C39H23N3O2/c1-40-31-20-8-5-16-27(31)28-18-11-23-34-36(28)29-17-7-10-22-33(29)41(34)35-24-12-19-30-37(35)39(44)42(38(30)43)32-21-9-6-15-26(32)25-13-3-2-4-14-25/h2-24H. The fourth-order valence-corrected chi connectivity index (χ4v) is 6.51. The predicted molar refractivity (Wildman–Crippen MR) is 175 cm³/mol. The Balaban J connectivity index is 1.37. The van der Waals surface area contributed by atoms with Gasteiger partial charge in [0, 0.05) is 16.3 Å². The van der Waals surface area contributed by atoms with E-state index in [2.05, 4.69) is 15.5 Å². The number of benzene rings is 6. The van der Waals surface area contributed by atoms with Gasteiger partial charge in [0.15, 0.2) is 5.69 Å². The van der Waals surface area contributed by atoms with Crippen LogP contribution in [0.2, 0.25) is 0 Å². The second-order valence-electron chi connectivity index (χ2n) is 10.7. The van der Waals surface area contributed by atoms with Crippen LogP contribution in [-0.2, 0) is 0 Å². The van der Waals surface area contributed by atoms with Gasteiger partial charge in [-0.3, -0.25) is 9.59 Å². The second-order valence-corrected chi connectivity index (χ2v) is 10.7. The summed E-state index contributed by atoms with van der Waals surface area (Å²) in [7, 11) is 0. The van der Waals surface area contributed by atoms with Crippen molar-refractivity contribution >= 4 is 45.0 Å². The summed E-state index contributed by atoms with van der Waals surface area (Å²) in [5.41, 5.74) is 7.84. The highest BCUT2D eigenvalue weighted by molar-refractivity contribution is 6.36. The number of carbonyl (C=O) groups is 2. The summed E-state index contributed by atoms with van der Waals surface area (Å²) in [6.45, 7) is 7.78. The first-order chi connectivity index (χ1) is 21.7. The number of rotatable bonds is 4. The van der Waals surface area contributed by atoms with Crippen molar-refractivity contribution in [2.24, 2.45) is 0 Å². The van der Waals surface area contributed by atoms with E-state index in [1.54, 1.807) is 6.07 Å². The Kier molecular flexibility index (Phi) is 5.75. The highest BCUT2D eigenvalue weighted by atomic mass is 16.2. The van der Waals surface area contributed by atoms with Crippen LogP contribution in [0, 0.1) is 6.57 Å². The van der Waals surface area contributed by atoms with Crippen LogP contribution in [0.15, 0.2) is 140 Å². The zero-order chi connectivity index (χ0) is 29.8. The van der Waals surface area contributed by atoms with E-state index in [1.807, 2.05) is 127 Å². The van der Waals surface area contributed by atoms with Crippen molar-refractivity contribution in [3.05, 3.63) is 162 Å². The molecule has 44 heavy (non-hydrogen) atoms. The van der Waals surface area contributed by atoms with Gasteiger partial charge in [-0.25, -0.2) is 9.74 Å². The van der Waals surface area contributed by atoms with Crippen molar-refractivity contribution < 1.29 is 9.59 Å². The molecular weight excluding hydrogens is 542 g/mol. The number of fused-ring (bicyclic) bond motifs is 4. The van der Waals surface area contributed by atoms with Crippen LogP contribution in [0.1, 0.15) is 20.7 Å². The molecule has 0 unspecified atom stereocenters. The molecule has 1 aromatic heterocycles. The topological polar surface area (TPSA) is 46.7 Å². The zero-order valence-electron chi connectivity index (χ0n) is 23.4. The minimum Gasteiger partial charge on any atom is -0.308 e. The number of imide groups is 1. The lowest BCUT2D eigenvalue weighted by Crippen LogP contribution is -2.30. The van der Waals surface area contributed by atoms with E-state index in [0.717, 1.165) is 44.1 Å². The molecule has 8 rings (SSSR count). The monoisotopic (exact) mass is 565 g/mol. The van der Waals surface area contributed by atoms with Crippen molar-refractivity contribution in [2.75, 3.05) is 4.90 Å². The molecule has 0 fully saturated rings. The van der Waals surface area contributed by atoms with E-state index in [0.29, 0.717) is 28.2 Å². The van der Waals surface area contributed by atoms with E-state index in [4.69, 9.17) is 6.57 Å². The number of hydrogen-bond donors (Lipinski definition) is 0. The number of aromatic nitrogens is 1. The number of carbonyl (C=O) groups excluding carboxylic acids is 2. The highest BCUT2D eigenvalue weighted by Gasteiger charge is 2.40. The maximum Gasteiger partial charge on any atom is 0.268 e. The fraction of sp³-hybridized carbons (Fsp3) is 0. The van der Waals surface area contributed by atoms with Crippen LogP contribution in [0.5, 0.6) is 0 Å². The third kappa shape index (κ3) is 3.65. The highest BCUT2D eigenvalue weighted by Crippen LogP contribution is 2.43. The molecule has 5 heteroatoms. The van der Waals surface area contributed by atoms with Gasteiger partial charge in [0.1, 0.15) is 0 Å². The molecule has 5 nitrogen and oxygen atoms in total. The van der Waals surface area contributed by atoms with Crippen LogP contribution in [0.25, 0.3) is 54.6 Å². The van der Waals surface area contributed by atoms with Gasteiger partial charge in [0.05, 0.1) is 40.1 Å². The molecule has 7 aromatic rings. The van der Waals surface area contributed by atoms with E-state index in [1.165, 1.54) is 4.90 Å². The van der Waals surface area contributed by atoms with Crippen molar-refractivity contribution in [3.8, 4) is 27.9 Å². The molecule has 2 amide bonds. The van der Waals surface area contributed by atoms with Gasteiger partial charge < -0.3 is 4.57 Å². The molecule has 0 aliphatic carbocycles. The summed E-state index contributed by atoms with van der Waals surface area (Å²) in [4.78, 5) is 33.5. The van der Waals surface area contributed by atoms with Gasteiger partial charge in [0.2, 0.25) is 0 Å². The van der Waals surface area contributed by atoms with Crippen LogP contribution in [-0.4, -0.2) is 16.4 Å². The summed E-state index contributed by atoms with van der Waals surface area (Å²) in [5, 5.41) is 1.98. The molecule has 1 aliphatic heterocycles. The largest absolute Gasteiger partial charge is 0.308 e. The van der Waals surface area contributed by atoms with Gasteiger partial charge in [-0.2, -0.15) is 0 Å². The van der Waals surface area contributed by atoms with Crippen LogP contribution in [0.3, 0.4) is 0 Å². The first-order valence-electron chi connectivity index (χ1n) is 14.3. The Morgan fingerprint density at radius 2 is 1.11 bits per heavy atom. The first-order valence-corrected chi connectivity index (χ1v) is 14.3. The van der Waals surface area contributed by atoms with Crippen LogP contribution in [0.4, 0.5) is 11.4 Å². The second kappa shape index (κ2) is 9.94. The summed E-state index contributed by atoms with van der Waals surface area (Å²) in [6, 6.07) is 44.5. The van der Waals surface area contributed by atoms with Crippen LogP contribution >= 0.6 is 0 Å². The third-order valence-corrected chi connectivity index (χ3v) is 8.38. The zero-order valence-corrected chi connectivity index (χ0v) is 23.4. The lowest BCUT2D eigenvalue weighted by Gasteiger charge is -2.18. The van der Waals surface area contributed by atoms with E-state index in [9.17, 15) is 9.59 Å². The maximum absolute atomic E-state index is 14.4. The van der Waals surface area contributed by atoms with Gasteiger partial charge >= 0.3 is 0 Å². The van der Waals surface area contributed by atoms with Gasteiger partial charge in [0.25, 0.3) is 11.8 Å². The average molecular weight is 566 g/mol. The first kappa shape index (κ1) is 25.5. The predicted octanol–water partition coefficient (Wildman–Crippen LogP) is 9.47. The van der Waals surface area contributed by atoms with E-state index < -0.39 is 0 Å². The Bertz CT molecular complexity index is 2340. The summed E-state index contributed by atoms with van der Waals surface area (Å²) < 4.78 is 2.07. The molecule has 0 radical (unpaired) electrons. The van der Waals surface area contributed by atoms with Crippen molar-refractivity contribution in [2.45, 2.75) is 0 Å². The van der Waals surface area contributed by atoms with Crippen molar-refractivity contribution in [1.29, 1.82) is 0 Å². The van der Waals surface area contributed by atoms with Gasteiger partial charge in [-0.1, -0.05) is 109 Å². The number of hydrogen-bond acceptors (Lipinski definition) is 2. The molecule has 2 heterocycles. The molecule has 6 aromatic carbocycles. The van der Waals surface area contributed by atoms with E-state index >= 15 is 0 Å². The fourth-order valence-electron chi connectivity index (χ4n) is 6.51. The molecular formula is C39H23N3O2. The molecule has 206 valence electrons. The SMILES string of the molecule is [C-]#[N+]c1ccccc1-c1cccc2c1c1ccccc1n2-c1cccc2c1C(=O)N(c1ccccc1-c1ccccc1)C2=O. The number of para-hydroxylation sites is 3. The quantitative estimate of drug-likeness (QED) is 0.158. The number of nitrogens with zero attached hydrogens (tertiary/aromatic N) is 3. The Morgan fingerprint density at radius 3 is 1.95 bits per heavy atom. The normalized spacial score (nSPS) is 12.6. The average Bonchev–Trinajstić information content (AvgIpc) is 3.56. The summed E-state index contributed by atoms with van der Waals surface area (Å²) >= 11 is 0. The smallest absolute Gasteiger partial charge is 0.268 e. The lowest BCUT2D eigenvalue weighted by molar-refractivity contribution is 0.0926. The van der Waals surface area contributed by atoms with E-state index in [-0.39, 0.29) is 11.8 Å². The number of amides is 2. The lowest BCUT2D eigenvalue weighted by atomic mass is 9.98. The molecule has 0 spiro atoms. The van der Waals surface area contributed by atoms with Gasteiger partial charge in [-0.15, -0.1) is 0 Å². The summed E-state index contributed by atoms with van der Waals surface area (Å²) in [5.74, 6) is -0.702. The maximum atomic E-state index is 14.4. The van der Waals surface area contributed by atoms with Crippen molar-refractivity contribution in [3.63, 3.8) is 0 Å². The third-order valence-electron chi connectivity index (χ3n) is 8.38.